The Kier molecular flexibility index (Phi) is 5.54. The zero-order valence-corrected chi connectivity index (χ0v) is 13.3. The summed E-state index contributed by atoms with van der Waals surface area (Å²) < 4.78 is 5.44. The van der Waals surface area contributed by atoms with Gasteiger partial charge in [-0.15, -0.1) is 0 Å². The third-order valence-corrected chi connectivity index (χ3v) is 3.74. The molecule has 0 aromatic heterocycles. The van der Waals surface area contributed by atoms with Gasteiger partial charge in [-0.2, -0.15) is 0 Å². The molecule has 2 rings (SSSR count). The van der Waals surface area contributed by atoms with Gasteiger partial charge in [-0.25, -0.2) is 0 Å². The molecule has 0 fully saturated rings. The van der Waals surface area contributed by atoms with E-state index in [0.717, 1.165) is 22.6 Å². The Balaban J connectivity index is 1.99. The maximum Gasteiger partial charge on any atom is 0.119 e. The molecule has 0 aliphatic rings. The highest BCUT2D eigenvalue weighted by molar-refractivity contribution is 6.35. The van der Waals surface area contributed by atoms with Gasteiger partial charge >= 0.3 is 0 Å². The van der Waals surface area contributed by atoms with Gasteiger partial charge in [-0.3, -0.25) is 0 Å². The fraction of sp³-hybridized carbons (Fsp3) is 0.176. The van der Waals surface area contributed by atoms with E-state index in [1.807, 2.05) is 43.3 Å². The van der Waals surface area contributed by atoms with Gasteiger partial charge in [0.1, 0.15) is 12.4 Å². The van der Waals surface area contributed by atoms with Gasteiger partial charge in [0.2, 0.25) is 0 Å². The van der Waals surface area contributed by atoms with Gasteiger partial charge in [-0.05, 0) is 42.3 Å². The van der Waals surface area contributed by atoms with Crippen LogP contribution in [0.5, 0.6) is 5.75 Å². The Labute approximate surface area is 135 Å². The summed E-state index contributed by atoms with van der Waals surface area (Å²) >= 11 is 12.3. The van der Waals surface area contributed by atoms with Crippen molar-refractivity contribution in [3.63, 3.8) is 0 Å². The molecule has 0 amide bonds. The molecule has 0 radical (unpaired) electrons. The summed E-state index contributed by atoms with van der Waals surface area (Å²) in [6, 6.07) is 11.6. The maximum absolute atomic E-state index is 6.20. The molecule has 0 bridgehead atoms. The first-order valence-corrected chi connectivity index (χ1v) is 7.38. The van der Waals surface area contributed by atoms with Crippen molar-refractivity contribution in [1.82, 2.24) is 0 Å². The average Bonchev–Trinajstić information content (AvgIpc) is 2.48. The van der Waals surface area contributed by atoms with E-state index in [2.05, 4.69) is 11.9 Å². The second-order valence-corrected chi connectivity index (χ2v) is 5.49. The number of hydrogen-bond acceptors (Lipinski definition) is 2. The van der Waals surface area contributed by atoms with Crippen LogP contribution < -0.4 is 10.1 Å². The molecular weight excluding hydrogens is 305 g/mol. The molecule has 0 saturated heterocycles. The van der Waals surface area contributed by atoms with E-state index in [-0.39, 0.29) is 0 Å². The van der Waals surface area contributed by atoms with E-state index in [0.29, 0.717) is 23.2 Å². The largest absolute Gasteiger partial charge is 0.490 e. The first-order chi connectivity index (χ1) is 10.1. The predicted molar refractivity (Wildman–Crippen MR) is 90.7 cm³/mol. The normalized spacial score (nSPS) is 10.2. The van der Waals surface area contributed by atoms with Crippen LogP contribution in [0.15, 0.2) is 49.1 Å². The third kappa shape index (κ3) is 4.42. The van der Waals surface area contributed by atoms with Crippen molar-refractivity contribution in [2.24, 2.45) is 0 Å². The Hall–Kier alpha value is -1.64. The fourth-order valence-electron chi connectivity index (χ4n) is 1.84. The van der Waals surface area contributed by atoms with Crippen molar-refractivity contribution in [3.8, 4) is 5.75 Å². The van der Waals surface area contributed by atoms with Crippen molar-refractivity contribution < 1.29 is 4.74 Å². The molecule has 2 nitrogen and oxygen atoms in total. The number of anilines is 1. The number of ether oxygens (including phenoxy) is 1. The zero-order valence-electron chi connectivity index (χ0n) is 11.8. The fourth-order valence-corrected chi connectivity index (χ4v) is 2.29. The van der Waals surface area contributed by atoms with Gasteiger partial charge in [0.25, 0.3) is 0 Å². The standard InChI is InChI=1S/C17H17Cl2NO/c1-3-8-21-14-6-4-13(5-7-14)11-20-17-10-15(18)12(2)9-16(17)19/h3-7,9-10,20H,1,8,11H2,2H3. The summed E-state index contributed by atoms with van der Waals surface area (Å²) in [5, 5.41) is 4.66. The van der Waals surface area contributed by atoms with E-state index >= 15 is 0 Å². The quantitative estimate of drug-likeness (QED) is 0.711. The SMILES string of the molecule is C=CCOc1ccc(CNc2cc(Cl)c(C)cc2Cl)cc1. The molecule has 4 heteroatoms. The second-order valence-electron chi connectivity index (χ2n) is 4.68. The number of hydrogen-bond donors (Lipinski definition) is 1. The van der Waals surface area contributed by atoms with Crippen LogP contribution in [0, 0.1) is 6.92 Å². The van der Waals surface area contributed by atoms with Crippen LogP contribution in [0.4, 0.5) is 5.69 Å². The van der Waals surface area contributed by atoms with Crippen LogP contribution in [0.1, 0.15) is 11.1 Å². The number of benzene rings is 2. The molecule has 0 spiro atoms. The van der Waals surface area contributed by atoms with Crippen LogP contribution >= 0.6 is 23.2 Å². The van der Waals surface area contributed by atoms with E-state index in [4.69, 9.17) is 27.9 Å². The molecular formula is C17H17Cl2NO. The van der Waals surface area contributed by atoms with E-state index in [9.17, 15) is 0 Å². The summed E-state index contributed by atoms with van der Waals surface area (Å²) in [5.74, 6) is 0.829. The summed E-state index contributed by atoms with van der Waals surface area (Å²) in [4.78, 5) is 0. The van der Waals surface area contributed by atoms with Gasteiger partial charge < -0.3 is 10.1 Å². The monoisotopic (exact) mass is 321 g/mol. The van der Waals surface area contributed by atoms with Crippen LogP contribution in [0.2, 0.25) is 10.0 Å². The first kappa shape index (κ1) is 15.7. The van der Waals surface area contributed by atoms with Crippen molar-refractivity contribution in [3.05, 3.63) is 70.2 Å². The Bertz CT molecular complexity index is 623. The number of rotatable bonds is 6. The van der Waals surface area contributed by atoms with Gasteiger partial charge in [0, 0.05) is 11.6 Å². The minimum Gasteiger partial charge on any atom is -0.490 e. The molecule has 0 atom stereocenters. The number of halogens is 2. The smallest absolute Gasteiger partial charge is 0.119 e. The maximum atomic E-state index is 6.20. The lowest BCUT2D eigenvalue weighted by atomic mass is 10.2. The van der Waals surface area contributed by atoms with Crippen molar-refractivity contribution in [2.45, 2.75) is 13.5 Å². The predicted octanol–water partition coefficient (Wildman–Crippen LogP) is 5.48. The lowest BCUT2D eigenvalue weighted by Gasteiger charge is -2.11. The molecule has 21 heavy (non-hydrogen) atoms. The Morgan fingerprint density at radius 1 is 1.14 bits per heavy atom. The zero-order chi connectivity index (χ0) is 15.2. The van der Waals surface area contributed by atoms with E-state index < -0.39 is 0 Å². The van der Waals surface area contributed by atoms with Crippen LogP contribution in [0.3, 0.4) is 0 Å². The topological polar surface area (TPSA) is 21.3 Å². The molecule has 1 N–H and O–H groups in total. The van der Waals surface area contributed by atoms with E-state index in [1.54, 1.807) is 6.08 Å². The van der Waals surface area contributed by atoms with E-state index in [1.165, 1.54) is 0 Å². The minimum absolute atomic E-state index is 0.509. The Morgan fingerprint density at radius 3 is 2.52 bits per heavy atom. The van der Waals surface area contributed by atoms with Crippen molar-refractivity contribution >= 4 is 28.9 Å². The molecule has 0 aliphatic heterocycles. The van der Waals surface area contributed by atoms with Gasteiger partial charge in [0.05, 0.1) is 10.7 Å². The highest BCUT2D eigenvalue weighted by Gasteiger charge is 2.04. The molecule has 2 aromatic rings. The molecule has 2 aromatic carbocycles. The lowest BCUT2D eigenvalue weighted by molar-refractivity contribution is 0.363. The van der Waals surface area contributed by atoms with Crippen LogP contribution in [-0.4, -0.2) is 6.61 Å². The minimum atomic E-state index is 0.509. The highest BCUT2D eigenvalue weighted by Crippen LogP contribution is 2.29. The Morgan fingerprint density at radius 2 is 1.86 bits per heavy atom. The average molecular weight is 322 g/mol. The van der Waals surface area contributed by atoms with Gasteiger partial charge in [-0.1, -0.05) is 48.0 Å². The van der Waals surface area contributed by atoms with Gasteiger partial charge in [0.15, 0.2) is 0 Å². The van der Waals surface area contributed by atoms with Crippen LogP contribution in [-0.2, 0) is 6.54 Å². The van der Waals surface area contributed by atoms with Crippen LogP contribution in [0.25, 0.3) is 0 Å². The third-order valence-electron chi connectivity index (χ3n) is 3.02. The molecule has 0 unspecified atom stereocenters. The molecule has 0 aliphatic carbocycles. The molecule has 110 valence electrons. The molecule has 0 heterocycles. The second kappa shape index (κ2) is 7.39. The highest BCUT2D eigenvalue weighted by atomic mass is 35.5. The molecule has 0 saturated carbocycles. The summed E-state index contributed by atoms with van der Waals surface area (Å²) in [7, 11) is 0. The summed E-state index contributed by atoms with van der Waals surface area (Å²) in [5.41, 5.74) is 2.93. The number of nitrogens with one attached hydrogen (secondary N) is 1. The van der Waals surface area contributed by atoms with Crippen molar-refractivity contribution in [2.75, 3.05) is 11.9 Å². The first-order valence-electron chi connectivity index (χ1n) is 6.62. The number of aryl methyl sites for hydroxylation is 1. The van der Waals surface area contributed by atoms with Crippen molar-refractivity contribution in [1.29, 1.82) is 0 Å². The summed E-state index contributed by atoms with van der Waals surface area (Å²) in [6.45, 7) is 6.73. The lowest BCUT2D eigenvalue weighted by Crippen LogP contribution is -2.00. The summed E-state index contributed by atoms with van der Waals surface area (Å²) in [6.07, 6.45) is 1.72.